The van der Waals surface area contributed by atoms with Gasteiger partial charge in [0.15, 0.2) is 5.16 Å². The van der Waals surface area contributed by atoms with Gasteiger partial charge in [0.2, 0.25) is 11.9 Å². The van der Waals surface area contributed by atoms with Gasteiger partial charge in [-0.1, -0.05) is 25.6 Å². The highest BCUT2D eigenvalue weighted by Gasteiger charge is 2.23. The van der Waals surface area contributed by atoms with E-state index in [1.807, 2.05) is 0 Å². The highest BCUT2D eigenvalue weighted by Crippen LogP contribution is 2.26. The number of thioether (sulfide) groups is 1. The first-order valence-electron chi connectivity index (χ1n) is 7.21. The number of carbonyl (C=O) groups is 1. The van der Waals surface area contributed by atoms with Crippen molar-refractivity contribution in [3.05, 3.63) is 0 Å². The number of aromatic nitrogens is 3. The average Bonchev–Trinajstić information content (AvgIpc) is 2.82. The fourth-order valence-electron chi connectivity index (χ4n) is 2.11. The van der Waals surface area contributed by atoms with Crippen LogP contribution in [0.1, 0.15) is 20.8 Å². The molecule has 118 valence electrons. The maximum Gasteiger partial charge on any atom is 0.230 e. The first-order valence-corrected chi connectivity index (χ1v) is 8.09. The Morgan fingerprint density at radius 3 is 2.57 bits per heavy atom. The molecule has 1 aromatic heterocycles. The molecular weight excluding hydrogens is 290 g/mol. The van der Waals surface area contributed by atoms with Crippen molar-refractivity contribution in [2.24, 2.45) is 11.7 Å². The normalized spacial score (nSPS) is 17.2. The molecule has 0 spiro atoms. The minimum atomic E-state index is -0.341. The Labute approximate surface area is 129 Å². The molecule has 1 aliphatic heterocycles. The van der Waals surface area contributed by atoms with Gasteiger partial charge in [-0.05, 0) is 12.8 Å². The minimum absolute atomic E-state index is 0.322. The summed E-state index contributed by atoms with van der Waals surface area (Å²) in [5.41, 5.74) is 5.34. The Kier molecular flexibility index (Phi) is 5.46. The molecule has 1 unspecified atom stereocenters. The van der Waals surface area contributed by atoms with Crippen LogP contribution in [0.3, 0.4) is 0 Å². The fraction of sp³-hybridized carbons (Fsp3) is 0.769. The summed E-state index contributed by atoms with van der Waals surface area (Å²) in [6, 6.07) is 0. The highest BCUT2D eigenvalue weighted by molar-refractivity contribution is 8.00. The molecule has 2 rings (SSSR count). The molecule has 0 radical (unpaired) electrons. The number of hydrogen-bond acceptors (Lipinski definition) is 6. The third-order valence-electron chi connectivity index (χ3n) is 3.22. The molecule has 2 heterocycles. The van der Waals surface area contributed by atoms with E-state index in [2.05, 4.69) is 33.5 Å². The molecule has 0 saturated carbocycles. The number of anilines is 1. The summed E-state index contributed by atoms with van der Waals surface area (Å²) < 4.78 is 7.46. The van der Waals surface area contributed by atoms with E-state index in [0.717, 1.165) is 30.7 Å². The number of amides is 1. The van der Waals surface area contributed by atoms with E-state index >= 15 is 0 Å². The van der Waals surface area contributed by atoms with Gasteiger partial charge in [-0.3, -0.25) is 9.36 Å². The topological polar surface area (TPSA) is 86.3 Å². The van der Waals surface area contributed by atoms with E-state index in [9.17, 15) is 4.79 Å². The molecule has 7 nitrogen and oxygen atoms in total. The predicted octanol–water partition coefficient (Wildman–Crippen LogP) is 0.737. The molecule has 1 saturated heterocycles. The molecule has 1 atom stereocenters. The minimum Gasteiger partial charge on any atom is -0.378 e. The maximum atomic E-state index is 11.3. The largest absolute Gasteiger partial charge is 0.378 e. The summed E-state index contributed by atoms with van der Waals surface area (Å²) in [4.78, 5) is 13.4. The van der Waals surface area contributed by atoms with Gasteiger partial charge in [0.1, 0.15) is 0 Å². The van der Waals surface area contributed by atoms with Gasteiger partial charge < -0.3 is 15.4 Å². The predicted molar refractivity (Wildman–Crippen MR) is 82.4 cm³/mol. The second-order valence-electron chi connectivity index (χ2n) is 5.55. The quantitative estimate of drug-likeness (QED) is 0.780. The number of rotatable bonds is 6. The van der Waals surface area contributed by atoms with Crippen LogP contribution in [0.2, 0.25) is 0 Å². The molecule has 21 heavy (non-hydrogen) atoms. The van der Waals surface area contributed by atoms with Crippen molar-refractivity contribution in [1.29, 1.82) is 0 Å². The summed E-state index contributed by atoms with van der Waals surface area (Å²) in [6.07, 6.45) is 0. The van der Waals surface area contributed by atoms with Gasteiger partial charge in [-0.25, -0.2) is 0 Å². The van der Waals surface area contributed by atoms with Crippen LogP contribution in [-0.4, -0.2) is 52.2 Å². The SMILES string of the molecule is CC(C)Cn1c(SC(C)C(N)=O)nnc1N1CCOCC1. The van der Waals surface area contributed by atoms with E-state index in [4.69, 9.17) is 10.5 Å². The first kappa shape index (κ1) is 16.1. The van der Waals surface area contributed by atoms with Crippen molar-refractivity contribution in [1.82, 2.24) is 14.8 Å². The molecule has 0 bridgehead atoms. The van der Waals surface area contributed by atoms with Crippen LogP contribution in [0.15, 0.2) is 5.16 Å². The molecule has 1 amide bonds. The first-order chi connectivity index (χ1) is 9.99. The zero-order chi connectivity index (χ0) is 15.4. The molecule has 1 fully saturated rings. The number of morpholine rings is 1. The van der Waals surface area contributed by atoms with Crippen molar-refractivity contribution in [2.45, 2.75) is 37.7 Å². The smallest absolute Gasteiger partial charge is 0.230 e. The Morgan fingerprint density at radius 1 is 1.33 bits per heavy atom. The fourth-order valence-corrected chi connectivity index (χ4v) is 2.91. The number of nitrogens with two attached hydrogens (primary N) is 1. The van der Waals surface area contributed by atoms with E-state index in [0.29, 0.717) is 19.1 Å². The molecule has 1 aromatic rings. The monoisotopic (exact) mass is 313 g/mol. The zero-order valence-corrected chi connectivity index (χ0v) is 13.6. The van der Waals surface area contributed by atoms with Crippen LogP contribution in [0.5, 0.6) is 0 Å². The highest BCUT2D eigenvalue weighted by atomic mass is 32.2. The lowest BCUT2D eigenvalue weighted by Crippen LogP contribution is -2.38. The molecule has 2 N–H and O–H groups in total. The lowest BCUT2D eigenvalue weighted by molar-refractivity contribution is -0.117. The third kappa shape index (κ3) is 4.10. The molecular formula is C13H23N5O2S. The number of hydrogen-bond donors (Lipinski definition) is 1. The van der Waals surface area contributed by atoms with Crippen molar-refractivity contribution in [2.75, 3.05) is 31.2 Å². The summed E-state index contributed by atoms with van der Waals surface area (Å²) >= 11 is 1.36. The molecule has 1 aliphatic rings. The summed E-state index contributed by atoms with van der Waals surface area (Å²) in [5.74, 6) is 0.974. The van der Waals surface area contributed by atoms with Crippen molar-refractivity contribution < 1.29 is 9.53 Å². The molecule has 0 aromatic carbocycles. The summed E-state index contributed by atoms with van der Waals surface area (Å²) in [5, 5.41) is 8.99. The second-order valence-corrected chi connectivity index (χ2v) is 6.86. The van der Waals surface area contributed by atoms with Gasteiger partial charge >= 0.3 is 0 Å². The van der Waals surface area contributed by atoms with Crippen molar-refractivity contribution >= 4 is 23.6 Å². The maximum absolute atomic E-state index is 11.3. The van der Waals surface area contributed by atoms with E-state index in [1.165, 1.54) is 11.8 Å². The van der Waals surface area contributed by atoms with Crippen molar-refractivity contribution in [3.8, 4) is 0 Å². The Hall–Kier alpha value is -1.28. The van der Waals surface area contributed by atoms with Crippen LogP contribution in [0, 0.1) is 5.92 Å². The van der Waals surface area contributed by atoms with E-state index < -0.39 is 0 Å². The standard InChI is InChI=1S/C13H23N5O2S/c1-9(2)8-18-12(17-4-6-20-7-5-17)15-16-13(18)21-10(3)11(14)19/h9-10H,4-8H2,1-3H3,(H2,14,19). The second kappa shape index (κ2) is 7.13. The number of nitrogens with zero attached hydrogens (tertiary/aromatic N) is 4. The Morgan fingerprint density at radius 2 is 2.00 bits per heavy atom. The van der Waals surface area contributed by atoms with Gasteiger partial charge in [0.05, 0.1) is 18.5 Å². The van der Waals surface area contributed by atoms with Crippen LogP contribution in [0.4, 0.5) is 5.95 Å². The summed E-state index contributed by atoms with van der Waals surface area (Å²) in [7, 11) is 0. The zero-order valence-electron chi connectivity index (χ0n) is 12.8. The van der Waals surface area contributed by atoms with Gasteiger partial charge in [0.25, 0.3) is 0 Å². The van der Waals surface area contributed by atoms with Gasteiger partial charge in [-0.15, -0.1) is 10.2 Å². The van der Waals surface area contributed by atoms with E-state index in [-0.39, 0.29) is 11.2 Å². The number of carbonyl (C=O) groups excluding carboxylic acids is 1. The van der Waals surface area contributed by atoms with Crippen LogP contribution >= 0.6 is 11.8 Å². The Bertz CT molecular complexity index is 485. The van der Waals surface area contributed by atoms with Crippen LogP contribution < -0.4 is 10.6 Å². The van der Waals surface area contributed by atoms with Gasteiger partial charge in [0, 0.05) is 19.6 Å². The molecule has 8 heteroatoms. The van der Waals surface area contributed by atoms with Crippen molar-refractivity contribution in [3.63, 3.8) is 0 Å². The number of ether oxygens (including phenoxy) is 1. The lowest BCUT2D eigenvalue weighted by atomic mass is 10.2. The Balaban J connectivity index is 2.23. The molecule has 0 aliphatic carbocycles. The lowest BCUT2D eigenvalue weighted by Gasteiger charge is -2.28. The average molecular weight is 313 g/mol. The number of primary amides is 1. The van der Waals surface area contributed by atoms with Crippen LogP contribution in [0.25, 0.3) is 0 Å². The van der Waals surface area contributed by atoms with Crippen LogP contribution in [-0.2, 0) is 16.1 Å². The summed E-state index contributed by atoms with van der Waals surface area (Å²) in [6.45, 7) is 9.93. The van der Waals surface area contributed by atoms with E-state index in [1.54, 1.807) is 6.92 Å². The van der Waals surface area contributed by atoms with Gasteiger partial charge in [-0.2, -0.15) is 0 Å². The third-order valence-corrected chi connectivity index (χ3v) is 4.32.